The van der Waals surface area contributed by atoms with Crippen molar-refractivity contribution in [2.24, 2.45) is 0 Å². The van der Waals surface area contributed by atoms with Crippen LogP contribution in [0.15, 0.2) is 10.2 Å². The van der Waals surface area contributed by atoms with E-state index in [9.17, 15) is 19.2 Å². The first-order valence-corrected chi connectivity index (χ1v) is 9.38. The van der Waals surface area contributed by atoms with E-state index in [4.69, 9.17) is 10.5 Å². The smallest absolute Gasteiger partial charge is 0.348 e. The highest BCUT2D eigenvalue weighted by atomic mass is 32.1. The van der Waals surface area contributed by atoms with Crippen LogP contribution >= 0.6 is 22.7 Å². The number of nitrogen functional groups attached to an aromatic ring is 1. The van der Waals surface area contributed by atoms with Crippen molar-refractivity contribution >= 4 is 45.6 Å². The number of carbonyl (C=O) groups excluding carboxylic acids is 3. The molecule has 11 heteroatoms. The van der Waals surface area contributed by atoms with E-state index in [-0.39, 0.29) is 45.5 Å². The van der Waals surface area contributed by atoms with Crippen LogP contribution in [-0.2, 0) is 32.2 Å². The van der Waals surface area contributed by atoms with Gasteiger partial charge >= 0.3 is 22.8 Å². The zero-order valence-electron chi connectivity index (χ0n) is 14.9. The van der Waals surface area contributed by atoms with Crippen molar-refractivity contribution in [1.29, 1.82) is 0 Å². The maximum atomic E-state index is 12.0. The molecular formula is C16H18N2O7S2. The van der Waals surface area contributed by atoms with E-state index < -0.39 is 17.9 Å². The predicted molar refractivity (Wildman–Crippen MR) is 99.1 cm³/mol. The highest BCUT2D eigenvalue weighted by Gasteiger charge is 2.28. The zero-order chi connectivity index (χ0) is 20.1. The first-order chi connectivity index (χ1) is 12.8. The lowest BCUT2D eigenvalue weighted by molar-refractivity contribution is -0.145. The number of nitrogens with zero attached hydrogens (tertiary/aromatic N) is 1. The van der Waals surface area contributed by atoms with Crippen LogP contribution in [0.25, 0.3) is 0 Å². The predicted octanol–water partition coefficient (Wildman–Crippen LogP) is 1.57. The number of thiophene rings is 1. The van der Waals surface area contributed by atoms with Gasteiger partial charge < -0.3 is 24.5 Å². The molecule has 0 aliphatic carbocycles. The van der Waals surface area contributed by atoms with Gasteiger partial charge in [-0.15, -0.1) is 11.3 Å². The summed E-state index contributed by atoms with van der Waals surface area (Å²) in [6.45, 7) is 1.59. The Labute approximate surface area is 162 Å². The van der Waals surface area contributed by atoms with Gasteiger partial charge in [-0.05, 0) is 6.92 Å². The average molecular weight is 414 g/mol. The van der Waals surface area contributed by atoms with E-state index in [1.165, 1.54) is 18.8 Å². The number of esters is 3. The third kappa shape index (κ3) is 4.55. The number of anilines is 1. The topological polar surface area (TPSA) is 127 Å². The lowest BCUT2D eigenvalue weighted by Gasteiger charge is -2.08. The normalized spacial score (nSPS) is 10.5. The Balaban J connectivity index is 2.13. The number of methoxy groups -OCH3 is 2. The number of carbonyl (C=O) groups is 3. The van der Waals surface area contributed by atoms with E-state index in [1.807, 2.05) is 0 Å². The van der Waals surface area contributed by atoms with Crippen molar-refractivity contribution in [1.82, 2.24) is 4.57 Å². The van der Waals surface area contributed by atoms with Gasteiger partial charge in [0.05, 0.1) is 20.6 Å². The highest BCUT2D eigenvalue weighted by molar-refractivity contribution is 7.18. The summed E-state index contributed by atoms with van der Waals surface area (Å²) < 4.78 is 16.0. The summed E-state index contributed by atoms with van der Waals surface area (Å²) in [6.07, 6.45) is -0.0434. The maximum Gasteiger partial charge on any atom is 0.348 e. The Kier molecular flexibility index (Phi) is 6.75. The average Bonchev–Trinajstić information content (AvgIpc) is 3.15. The summed E-state index contributed by atoms with van der Waals surface area (Å²) in [7, 11) is 2.36. The molecule has 2 N–H and O–H groups in total. The number of rotatable bonds is 7. The maximum absolute atomic E-state index is 12.0. The number of nitrogens with two attached hydrogens (primary N) is 1. The molecule has 0 aliphatic heterocycles. The summed E-state index contributed by atoms with van der Waals surface area (Å²) in [5.41, 5.74) is 6.67. The van der Waals surface area contributed by atoms with Gasteiger partial charge in [0.15, 0.2) is 0 Å². The van der Waals surface area contributed by atoms with Crippen LogP contribution in [-0.4, -0.2) is 36.7 Å². The number of aryl methyl sites for hydroxylation is 1. The van der Waals surface area contributed by atoms with Gasteiger partial charge in [0.1, 0.15) is 22.0 Å². The van der Waals surface area contributed by atoms with Crippen molar-refractivity contribution in [3.63, 3.8) is 0 Å². The van der Waals surface area contributed by atoms with Crippen molar-refractivity contribution in [2.45, 2.75) is 26.5 Å². The minimum absolute atomic E-state index is 0.0272. The number of hydrogen-bond acceptors (Lipinski definition) is 10. The van der Waals surface area contributed by atoms with Gasteiger partial charge in [0.2, 0.25) is 0 Å². The van der Waals surface area contributed by atoms with Crippen LogP contribution in [0.5, 0.6) is 0 Å². The van der Waals surface area contributed by atoms with E-state index in [1.54, 1.807) is 12.3 Å². The summed E-state index contributed by atoms with van der Waals surface area (Å²) in [6, 6.07) is 0. The van der Waals surface area contributed by atoms with Crippen LogP contribution in [0, 0.1) is 6.92 Å². The molecule has 27 heavy (non-hydrogen) atoms. The number of aromatic nitrogens is 1. The van der Waals surface area contributed by atoms with Crippen LogP contribution in [0.2, 0.25) is 0 Å². The van der Waals surface area contributed by atoms with Gasteiger partial charge in [-0.1, -0.05) is 11.3 Å². The van der Waals surface area contributed by atoms with Crippen molar-refractivity contribution in [3.05, 3.63) is 36.7 Å². The Hall–Kier alpha value is -2.66. The molecule has 2 rings (SSSR count). The summed E-state index contributed by atoms with van der Waals surface area (Å²) in [5.74, 6) is -2.04. The molecule has 0 saturated heterocycles. The van der Waals surface area contributed by atoms with Gasteiger partial charge in [-0.2, -0.15) is 0 Å². The third-order valence-corrected chi connectivity index (χ3v) is 5.61. The molecule has 2 heterocycles. The zero-order valence-corrected chi connectivity index (χ0v) is 16.5. The molecule has 0 unspecified atom stereocenters. The molecule has 2 aromatic rings. The van der Waals surface area contributed by atoms with Gasteiger partial charge in [0.25, 0.3) is 0 Å². The molecule has 0 saturated carbocycles. The first kappa shape index (κ1) is 20.6. The molecule has 0 aliphatic rings. The Morgan fingerprint density at radius 1 is 1.19 bits per heavy atom. The second-order valence-electron chi connectivity index (χ2n) is 5.34. The molecule has 0 bridgehead atoms. The monoisotopic (exact) mass is 414 g/mol. The number of ether oxygens (including phenoxy) is 3. The summed E-state index contributed by atoms with van der Waals surface area (Å²) in [4.78, 5) is 47.5. The quantitative estimate of drug-likeness (QED) is 0.534. The van der Waals surface area contributed by atoms with Crippen LogP contribution < -0.4 is 10.6 Å². The van der Waals surface area contributed by atoms with Crippen LogP contribution in [0.4, 0.5) is 5.00 Å². The lowest BCUT2D eigenvalue weighted by Crippen LogP contribution is -2.18. The van der Waals surface area contributed by atoms with Gasteiger partial charge in [-0.3, -0.25) is 9.59 Å². The SMILES string of the molecule is COC(=O)c1sc(N)c(C(=O)OC)c1COC(=O)CCn1c(C)csc1=O. The highest BCUT2D eigenvalue weighted by Crippen LogP contribution is 2.33. The molecule has 0 spiro atoms. The minimum Gasteiger partial charge on any atom is -0.465 e. The Morgan fingerprint density at radius 3 is 2.41 bits per heavy atom. The van der Waals surface area contributed by atoms with Gasteiger partial charge in [-0.25, -0.2) is 9.59 Å². The molecule has 146 valence electrons. The summed E-state index contributed by atoms with van der Waals surface area (Å²) in [5, 5.41) is 1.77. The largest absolute Gasteiger partial charge is 0.465 e. The fourth-order valence-electron chi connectivity index (χ4n) is 2.31. The van der Waals surface area contributed by atoms with Crippen molar-refractivity contribution < 1.29 is 28.6 Å². The molecular weight excluding hydrogens is 396 g/mol. The Morgan fingerprint density at radius 2 is 1.85 bits per heavy atom. The van der Waals surface area contributed by atoms with Crippen LogP contribution in [0.1, 0.15) is 37.7 Å². The molecule has 9 nitrogen and oxygen atoms in total. The second-order valence-corrected chi connectivity index (χ2v) is 7.21. The van der Waals surface area contributed by atoms with E-state index in [0.717, 1.165) is 28.4 Å². The first-order valence-electron chi connectivity index (χ1n) is 7.68. The van der Waals surface area contributed by atoms with Crippen molar-refractivity contribution in [2.75, 3.05) is 20.0 Å². The fourth-order valence-corrected chi connectivity index (χ4v) is 4.05. The standard InChI is InChI=1S/C16H18N2O7S2/c1-8-7-26-16(22)18(8)5-4-10(19)25-6-9-11(14(20)23-2)13(17)27-12(9)15(21)24-3/h7H,4-6,17H2,1-3H3. The van der Waals surface area contributed by atoms with Gasteiger partial charge in [0, 0.05) is 23.2 Å². The molecule has 0 atom stereocenters. The number of hydrogen-bond donors (Lipinski definition) is 1. The second kappa shape index (κ2) is 8.82. The van der Waals surface area contributed by atoms with E-state index in [0.29, 0.717) is 0 Å². The van der Waals surface area contributed by atoms with Crippen molar-refractivity contribution in [3.8, 4) is 0 Å². The lowest BCUT2D eigenvalue weighted by atomic mass is 10.1. The molecule has 0 radical (unpaired) electrons. The van der Waals surface area contributed by atoms with E-state index in [2.05, 4.69) is 9.47 Å². The number of thiazole rings is 1. The Bertz CT molecular complexity index is 926. The fraction of sp³-hybridized carbons (Fsp3) is 0.375. The summed E-state index contributed by atoms with van der Waals surface area (Å²) >= 11 is 1.90. The molecule has 0 aromatic carbocycles. The minimum atomic E-state index is -0.745. The van der Waals surface area contributed by atoms with Crippen LogP contribution in [0.3, 0.4) is 0 Å². The molecule has 0 amide bonds. The molecule has 0 fully saturated rings. The molecule has 2 aromatic heterocycles. The van der Waals surface area contributed by atoms with E-state index >= 15 is 0 Å². The third-order valence-electron chi connectivity index (χ3n) is 3.69.